The van der Waals surface area contributed by atoms with Crippen molar-refractivity contribution in [3.63, 3.8) is 0 Å². The van der Waals surface area contributed by atoms with E-state index in [0.717, 1.165) is 44.1 Å². The minimum atomic E-state index is -4.11. The van der Waals surface area contributed by atoms with Crippen LogP contribution < -0.4 is 4.72 Å². The maximum atomic E-state index is 12.3. The van der Waals surface area contributed by atoms with Gasteiger partial charge in [0.15, 0.2) is 0 Å². The number of carbonyl (C=O) groups is 1. The van der Waals surface area contributed by atoms with Crippen LogP contribution in [0.15, 0.2) is 30.3 Å². The molecule has 1 N–H and O–H groups in total. The normalized spacial score (nSPS) is 18.5. The first-order chi connectivity index (χ1) is 12.6. The molecule has 1 fully saturated rings. The Morgan fingerprint density at radius 3 is 1.92 bits per heavy atom. The monoisotopic (exact) mass is 381 g/mol. The fourth-order valence-electron chi connectivity index (χ4n) is 3.34. The average molecular weight is 382 g/mol. The molecule has 2 rings (SSSR count). The SMILES string of the molecule is O=C(OCc1ccccc1)S(=O)(=O)NC1CCCCCCCCCCC1. The molecule has 1 aliphatic carbocycles. The van der Waals surface area contributed by atoms with Gasteiger partial charge in [-0.25, -0.2) is 17.9 Å². The first kappa shape index (κ1) is 20.9. The van der Waals surface area contributed by atoms with Crippen molar-refractivity contribution in [2.75, 3.05) is 0 Å². The molecule has 0 spiro atoms. The van der Waals surface area contributed by atoms with Gasteiger partial charge in [0.25, 0.3) is 0 Å². The lowest BCUT2D eigenvalue weighted by atomic mass is 9.98. The molecule has 1 aliphatic rings. The molecule has 5 nitrogen and oxygen atoms in total. The number of sulfonamides is 1. The molecule has 0 atom stereocenters. The highest BCUT2D eigenvalue weighted by Crippen LogP contribution is 2.18. The Labute approximate surface area is 157 Å². The minimum absolute atomic E-state index is 0.0365. The topological polar surface area (TPSA) is 72.5 Å². The Kier molecular flexibility index (Phi) is 9.12. The summed E-state index contributed by atoms with van der Waals surface area (Å²) < 4.78 is 32.2. The van der Waals surface area contributed by atoms with E-state index >= 15 is 0 Å². The van der Waals surface area contributed by atoms with Gasteiger partial charge in [-0.2, -0.15) is 0 Å². The van der Waals surface area contributed by atoms with E-state index in [0.29, 0.717) is 0 Å². The number of benzene rings is 1. The molecule has 0 aromatic heterocycles. The fourth-order valence-corrected chi connectivity index (χ4v) is 4.33. The number of rotatable bonds is 4. The van der Waals surface area contributed by atoms with Crippen molar-refractivity contribution in [1.82, 2.24) is 4.72 Å². The maximum absolute atomic E-state index is 12.3. The molecule has 6 heteroatoms. The van der Waals surface area contributed by atoms with Gasteiger partial charge in [0.05, 0.1) is 0 Å². The Balaban J connectivity index is 1.85. The highest BCUT2D eigenvalue weighted by atomic mass is 32.2. The predicted molar refractivity (Wildman–Crippen MR) is 103 cm³/mol. The molecular weight excluding hydrogens is 350 g/mol. The quantitative estimate of drug-likeness (QED) is 0.752. The summed E-state index contributed by atoms with van der Waals surface area (Å²) in [5, 5.41) is -1.19. The Bertz CT molecular complexity index is 618. The summed E-state index contributed by atoms with van der Waals surface area (Å²) in [4.78, 5) is 12.0. The second kappa shape index (κ2) is 11.3. The van der Waals surface area contributed by atoms with Gasteiger partial charge in [-0.15, -0.1) is 0 Å². The third-order valence-electron chi connectivity index (χ3n) is 4.85. The molecule has 0 unspecified atom stereocenters. The van der Waals surface area contributed by atoms with Crippen LogP contribution in [0.3, 0.4) is 0 Å². The molecule has 0 heterocycles. The van der Waals surface area contributed by atoms with Gasteiger partial charge in [0, 0.05) is 6.04 Å². The molecule has 146 valence electrons. The second-order valence-electron chi connectivity index (χ2n) is 7.10. The van der Waals surface area contributed by atoms with Crippen LogP contribution in [0.5, 0.6) is 0 Å². The van der Waals surface area contributed by atoms with Crippen molar-refractivity contribution >= 4 is 15.3 Å². The standard InChI is InChI=1S/C20H31NO4S/c22-20(25-17-18-13-9-8-10-14-18)26(23,24)21-19-15-11-6-4-2-1-3-5-7-12-16-19/h8-10,13-14,19,21H,1-7,11-12,15-17H2. The van der Waals surface area contributed by atoms with E-state index < -0.39 is 15.3 Å². The molecule has 0 amide bonds. The lowest BCUT2D eigenvalue weighted by Crippen LogP contribution is -2.39. The van der Waals surface area contributed by atoms with Gasteiger partial charge in [-0.3, -0.25) is 0 Å². The van der Waals surface area contributed by atoms with Crippen LogP contribution in [0.25, 0.3) is 0 Å². The molecule has 0 aliphatic heterocycles. The largest absolute Gasteiger partial charge is 0.448 e. The van der Waals surface area contributed by atoms with Crippen LogP contribution in [-0.4, -0.2) is 19.8 Å². The minimum Gasteiger partial charge on any atom is -0.448 e. The molecule has 1 saturated carbocycles. The van der Waals surface area contributed by atoms with E-state index in [1.807, 2.05) is 18.2 Å². The zero-order chi connectivity index (χ0) is 18.7. The average Bonchev–Trinajstić information content (AvgIpc) is 2.62. The van der Waals surface area contributed by atoms with Crippen molar-refractivity contribution in [2.45, 2.75) is 83.3 Å². The molecule has 26 heavy (non-hydrogen) atoms. The Hall–Kier alpha value is -1.40. The Morgan fingerprint density at radius 2 is 1.38 bits per heavy atom. The molecule has 1 aromatic carbocycles. The summed E-state index contributed by atoms with van der Waals surface area (Å²) in [5.41, 5.74) is 0.766. The fraction of sp³-hybridized carbons (Fsp3) is 0.650. The molecule has 0 saturated heterocycles. The summed E-state index contributed by atoms with van der Waals surface area (Å²) in [7, 11) is -4.11. The van der Waals surface area contributed by atoms with Crippen molar-refractivity contribution in [3.05, 3.63) is 35.9 Å². The van der Waals surface area contributed by atoms with Crippen molar-refractivity contribution in [1.29, 1.82) is 0 Å². The number of ether oxygens (including phenoxy) is 1. The van der Waals surface area contributed by atoms with Crippen molar-refractivity contribution in [2.24, 2.45) is 0 Å². The molecular formula is C20H31NO4S. The van der Waals surface area contributed by atoms with Gasteiger partial charge in [0.2, 0.25) is 0 Å². The third kappa shape index (κ3) is 7.87. The summed E-state index contributed by atoms with van der Waals surface area (Å²) in [6.45, 7) is -0.0365. The van der Waals surface area contributed by atoms with E-state index in [-0.39, 0.29) is 12.6 Å². The summed E-state index contributed by atoms with van der Waals surface area (Å²) in [5.74, 6) is 0. The predicted octanol–water partition coefficient (Wildman–Crippen LogP) is 4.92. The third-order valence-corrected chi connectivity index (χ3v) is 6.05. The van der Waals surface area contributed by atoms with Crippen LogP contribution in [-0.2, 0) is 21.4 Å². The van der Waals surface area contributed by atoms with Crippen LogP contribution in [0.2, 0.25) is 0 Å². The van der Waals surface area contributed by atoms with E-state index in [2.05, 4.69) is 4.72 Å². The zero-order valence-electron chi connectivity index (χ0n) is 15.5. The van der Waals surface area contributed by atoms with E-state index in [1.54, 1.807) is 12.1 Å². The highest BCUT2D eigenvalue weighted by Gasteiger charge is 2.27. The highest BCUT2D eigenvalue weighted by molar-refractivity contribution is 8.04. The van der Waals surface area contributed by atoms with Gasteiger partial charge >= 0.3 is 15.3 Å². The van der Waals surface area contributed by atoms with Crippen LogP contribution >= 0.6 is 0 Å². The van der Waals surface area contributed by atoms with Gasteiger partial charge in [-0.1, -0.05) is 88.1 Å². The molecule has 1 aromatic rings. The first-order valence-corrected chi connectivity index (χ1v) is 11.3. The van der Waals surface area contributed by atoms with Crippen LogP contribution in [0.4, 0.5) is 4.79 Å². The maximum Gasteiger partial charge on any atom is 0.440 e. The zero-order valence-corrected chi connectivity index (χ0v) is 16.3. The second-order valence-corrected chi connectivity index (χ2v) is 8.68. The number of carbonyl (C=O) groups excluding carboxylic acids is 1. The van der Waals surface area contributed by atoms with Crippen molar-refractivity contribution < 1.29 is 17.9 Å². The molecule has 0 bridgehead atoms. The lowest BCUT2D eigenvalue weighted by Gasteiger charge is -2.19. The van der Waals surface area contributed by atoms with Crippen LogP contribution in [0.1, 0.15) is 76.2 Å². The van der Waals surface area contributed by atoms with E-state index in [9.17, 15) is 13.2 Å². The van der Waals surface area contributed by atoms with Gasteiger partial charge < -0.3 is 4.74 Å². The smallest absolute Gasteiger partial charge is 0.440 e. The Morgan fingerprint density at radius 1 is 0.885 bits per heavy atom. The first-order valence-electron chi connectivity index (χ1n) is 9.81. The van der Waals surface area contributed by atoms with E-state index in [4.69, 9.17) is 4.74 Å². The van der Waals surface area contributed by atoms with Crippen molar-refractivity contribution in [3.8, 4) is 0 Å². The lowest BCUT2D eigenvalue weighted by molar-refractivity contribution is 0.165. The number of hydrogen-bond acceptors (Lipinski definition) is 4. The van der Waals surface area contributed by atoms with Gasteiger partial charge in [0.1, 0.15) is 6.61 Å². The van der Waals surface area contributed by atoms with Gasteiger partial charge in [-0.05, 0) is 18.4 Å². The summed E-state index contributed by atoms with van der Waals surface area (Å²) in [6, 6.07) is 8.90. The number of nitrogens with one attached hydrogen (secondary N) is 1. The van der Waals surface area contributed by atoms with E-state index in [1.165, 1.54) is 32.1 Å². The number of hydrogen-bond donors (Lipinski definition) is 1. The summed E-state index contributed by atoms with van der Waals surface area (Å²) >= 11 is 0. The summed E-state index contributed by atoms with van der Waals surface area (Å²) in [6.07, 6.45) is 12.0. The van der Waals surface area contributed by atoms with Crippen LogP contribution in [0, 0.1) is 0 Å². The molecule has 0 radical (unpaired) electrons.